The third-order valence-corrected chi connectivity index (χ3v) is 5.84. The predicted octanol–water partition coefficient (Wildman–Crippen LogP) is 5.42. The molecule has 0 spiro atoms. The normalized spacial score (nSPS) is 10.5. The van der Waals surface area contributed by atoms with E-state index in [1.807, 2.05) is 72.5 Å². The van der Waals surface area contributed by atoms with E-state index in [0.29, 0.717) is 18.2 Å². The Labute approximate surface area is 211 Å². The summed E-state index contributed by atoms with van der Waals surface area (Å²) in [6, 6.07) is 27.8. The van der Waals surface area contributed by atoms with Crippen LogP contribution in [0.2, 0.25) is 0 Å². The molecule has 0 saturated carbocycles. The van der Waals surface area contributed by atoms with Crippen LogP contribution in [-0.2, 0) is 9.59 Å². The van der Waals surface area contributed by atoms with Gasteiger partial charge in [-0.3, -0.25) is 14.5 Å². The number of hydrogen-bond donors (Lipinski definition) is 1. The Hall–Kier alpha value is -4.52. The standard InChI is InChI=1S/C29H29N5O2/c1-4-33(20-32-21(2)35)26-13-15-27(16-14-26)34(22(3)36)29-18-28(30-19-31-29)25-12-8-11-24(17-25)23-9-6-5-7-10-23/h5-19H,4,20H2,1-3H3,(H,32,35). The van der Waals surface area contributed by atoms with E-state index in [0.717, 1.165) is 34.6 Å². The van der Waals surface area contributed by atoms with Crippen molar-refractivity contribution in [2.75, 3.05) is 23.0 Å². The minimum atomic E-state index is -0.156. The van der Waals surface area contributed by atoms with Gasteiger partial charge in [-0.2, -0.15) is 0 Å². The molecule has 4 aromatic rings. The first kappa shape index (κ1) is 24.6. The molecule has 7 nitrogen and oxygen atoms in total. The van der Waals surface area contributed by atoms with Crippen molar-refractivity contribution in [1.29, 1.82) is 0 Å². The largest absolute Gasteiger partial charge is 0.354 e. The Bertz CT molecular complexity index is 1340. The highest BCUT2D eigenvalue weighted by Gasteiger charge is 2.17. The molecule has 0 saturated heterocycles. The lowest BCUT2D eigenvalue weighted by Crippen LogP contribution is -2.36. The molecule has 0 aliphatic rings. The summed E-state index contributed by atoms with van der Waals surface area (Å²) < 4.78 is 0. The van der Waals surface area contributed by atoms with E-state index < -0.39 is 0 Å². The highest BCUT2D eigenvalue weighted by Crippen LogP contribution is 2.30. The van der Waals surface area contributed by atoms with Crippen LogP contribution < -0.4 is 15.1 Å². The van der Waals surface area contributed by atoms with Gasteiger partial charge in [-0.25, -0.2) is 9.97 Å². The third-order valence-electron chi connectivity index (χ3n) is 5.84. The second kappa shape index (κ2) is 11.3. The lowest BCUT2D eigenvalue weighted by atomic mass is 10.0. The second-order valence-electron chi connectivity index (χ2n) is 8.33. The summed E-state index contributed by atoms with van der Waals surface area (Å²) in [6.07, 6.45) is 1.48. The molecule has 0 bridgehead atoms. The van der Waals surface area contributed by atoms with Crippen LogP contribution in [0.5, 0.6) is 0 Å². The summed E-state index contributed by atoms with van der Waals surface area (Å²) in [6.45, 7) is 6.18. The Balaban J connectivity index is 1.62. The Morgan fingerprint density at radius 1 is 0.778 bits per heavy atom. The fraction of sp³-hybridized carbons (Fsp3) is 0.172. The van der Waals surface area contributed by atoms with Crippen molar-refractivity contribution in [1.82, 2.24) is 15.3 Å². The summed E-state index contributed by atoms with van der Waals surface area (Å²) in [7, 11) is 0. The minimum Gasteiger partial charge on any atom is -0.354 e. The molecule has 7 heteroatoms. The number of benzene rings is 3. The minimum absolute atomic E-state index is 0.0818. The SMILES string of the molecule is CCN(CNC(C)=O)c1ccc(N(C(C)=O)c2cc(-c3cccc(-c4ccccc4)c3)ncn2)cc1. The average Bonchev–Trinajstić information content (AvgIpc) is 2.90. The van der Waals surface area contributed by atoms with E-state index in [1.165, 1.54) is 20.2 Å². The molecule has 2 amide bonds. The molecule has 1 aromatic heterocycles. The molecular formula is C29H29N5O2. The van der Waals surface area contributed by atoms with Gasteiger partial charge in [0.1, 0.15) is 12.1 Å². The van der Waals surface area contributed by atoms with Gasteiger partial charge in [0.05, 0.1) is 18.1 Å². The van der Waals surface area contributed by atoms with Crippen molar-refractivity contribution in [2.24, 2.45) is 0 Å². The number of amides is 2. The van der Waals surface area contributed by atoms with Crippen LogP contribution >= 0.6 is 0 Å². The van der Waals surface area contributed by atoms with Crippen LogP contribution in [0.25, 0.3) is 22.4 Å². The van der Waals surface area contributed by atoms with Crippen molar-refractivity contribution >= 4 is 29.0 Å². The number of nitrogens with zero attached hydrogens (tertiary/aromatic N) is 4. The zero-order valence-corrected chi connectivity index (χ0v) is 20.7. The number of carbonyl (C=O) groups is 2. The number of nitrogens with one attached hydrogen (secondary N) is 1. The molecule has 0 unspecified atom stereocenters. The van der Waals surface area contributed by atoms with E-state index in [2.05, 4.69) is 39.6 Å². The molecule has 0 aliphatic heterocycles. The topological polar surface area (TPSA) is 78.4 Å². The molecule has 4 rings (SSSR count). The first-order valence-corrected chi connectivity index (χ1v) is 11.8. The average molecular weight is 480 g/mol. The van der Waals surface area contributed by atoms with Gasteiger partial charge in [-0.15, -0.1) is 0 Å². The summed E-state index contributed by atoms with van der Waals surface area (Å²) in [5.74, 6) is 0.258. The Kier molecular flexibility index (Phi) is 7.70. The second-order valence-corrected chi connectivity index (χ2v) is 8.33. The van der Waals surface area contributed by atoms with E-state index in [1.54, 1.807) is 4.90 Å². The molecule has 0 atom stereocenters. The van der Waals surface area contributed by atoms with Gasteiger partial charge >= 0.3 is 0 Å². The summed E-state index contributed by atoms with van der Waals surface area (Å²) in [5.41, 5.74) is 5.53. The highest BCUT2D eigenvalue weighted by atomic mass is 16.2. The lowest BCUT2D eigenvalue weighted by molar-refractivity contribution is -0.119. The smallest absolute Gasteiger partial charge is 0.229 e. The van der Waals surface area contributed by atoms with Crippen LogP contribution in [0, 0.1) is 0 Å². The maximum atomic E-state index is 12.7. The van der Waals surface area contributed by atoms with Crippen molar-refractivity contribution in [2.45, 2.75) is 20.8 Å². The van der Waals surface area contributed by atoms with Gasteiger partial charge in [-0.05, 0) is 48.4 Å². The van der Waals surface area contributed by atoms with Gasteiger partial charge in [0.15, 0.2) is 0 Å². The molecular weight excluding hydrogens is 450 g/mol. The molecule has 0 radical (unpaired) electrons. The first-order chi connectivity index (χ1) is 17.5. The quantitative estimate of drug-likeness (QED) is 0.342. The van der Waals surface area contributed by atoms with Crippen LogP contribution in [-0.4, -0.2) is 35.0 Å². The van der Waals surface area contributed by atoms with Crippen LogP contribution in [0.4, 0.5) is 17.2 Å². The first-order valence-electron chi connectivity index (χ1n) is 11.8. The van der Waals surface area contributed by atoms with Gasteiger partial charge in [0, 0.05) is 37.7 Å². The van der Waals surface area contributed by atoms with Crippen molar-refractivity contribution in [3.05, 3.63) is 91.3 Å². The zero-order chi connectivity index (χ0) is 25.5. The van der Waals surface area contributed by atoms with Crippen LogP contribution in [0.1, 0.15) is 20.8 Å². The van der Waals surface area contributed by atoms with Crippen molar-refractivity contribution in [3.8, 4) is 22.4 Å². The molecule has 1 heterocycles. The fourth-order valence-corrected chi connectivity index (χ4v) is 4.00. The summed E-state index contributed by atoms with van der Waals surface area (Å²) in [5, 5.41) is 2.82. The molecule has 0 fully saturated rings. The molecule has 36 heavy (non-hydrogen) atoms. The summed E-state index contributed by atoms with van der Waals surface area (Å²) >= 11 is 0. The van der Waals surface area contributed by atoms with Crippen LogP contribution in [0.3, 0.4) is 0 Å². The molecule has 0 aliphatic carbocycles. The predicted molar refractivity (Wildman–Crippen MR) is 144 cm³/mol. The van der Waals surface area contributed by atoms with Gasteiger partial charge < -0.3 is 10.2 Å². The van der Waals surface area contributed by atoms with Crippen LogP contribution in [0.15, 0.2) is 91.3 Å². The Morgan fingerprint density at radius 3 is 2.11 bits per heavy atom. The number of rotatable bonds is 8. The Morgan fingerprint density at radius 2 is 1.44 bits per heavy atom. The van der Waals surface area contributed by atoms with Gasteiger partial charge in [-0.1, -0.05) is 48.5 Å². The third kappa shape index (κ3) is 5.75. The number of carbonyl (C=O) groups excluding carboxylic acids is 2. The van der Waals surface area contributed by atoms with Crippen molar-refractivity contribution in [3.63, 3.8) is 0 Å². The highest BCUT2D eigenvalue weighted by molar-refractivity contribution is 5.98. The number of anilines is 3. The monoisotopic (exact) mass is 479 g/mol. The molecule has 1 N–H and O–H groups in total. The zero-order valence-electron chi connectivity index (χ0n) is 20.7. The van der Waals surface area contributed by atoms with E-state index in [-0.39, 0.29) is 11.8 Å². The maximum Gasteiger partial charge on any atom is 0.229 e. The lowest BCUT2D eigenvalue weighted by Gasteiger charge is -2.25. The van der Waals surface area contributed by atoms with Gasteiger partial charge in [0.25, 0.3) is 0 Å². The number of hydrogen-bond acceptors (Lipinski definition) is 5. The molecule has 182 valence electrons. The van der Waals surface area contributed by atoms with Crippen molar-refractivity contribution < 1.29 is 9.59 Å². The fourth-order valence-electron chi connectivity index (χ4n) is 4.00. The number of aromatic nitrogens is 2. The van der Waals surface area contributed by atoms with Gasteiger partial charge in [0.2, 0.25) is 11.8 Å². The summed E-state index contributed by atoms with van der Waals surface area (Å²) in [4.78, 5) is 36.5. The van der Waals surface area contributed by atoms with E-state index in [9.17, 15) is 9.59 Å². The molecule has 3 aromatic carbocycles. The van der Waals surface area contributed by atoms with E-state index in [4.69, 9.17) is 0 Å². The van der Waals surface area contributed by atoms with E-state index >= 15 is 0 Å². The maximum absolute atomic E-state index is 12.7.